The summed E-state index contributed by atoms with van der Waals surface area (Å²) in [5, 5.41) is 0.648. The highest BCUT2D eigenvalue weighted by Gasteiger charge is 2.29. The second-order valence-electron chi connectivity index (χ2n) is 3.19. The van der Waals surface area contributed by atoms with Crippen molar-refractivity contribution in [2.24, 2.45) is 0 Å². The van der Waals surface area contributed by atoms with E-state index in [1.807, 2.05) is 0 Å². The number of thiol groups is 1. The molecule has 0 aliphatic carbocycles. The van der Waals surface area contributed by atoms with Crippen molar-refractivity contribution >= 4 is 35.8 Å². The molecule has 1 unspecified atom stereocenters. The van der Waals surface area contributed by atoms with Gasteiger partial charge in [0.05, 0.1) is 16.9 Å². The van der Waals surface area contributed by atoms with E-state index in [4.69, 9.17) is 11.6 Å². The van der Waals surface area contributed by atoms with E-state index in [9.17, 15) is 4.79 Å². The summed E-state index contributed by atoms with van der Waals surface area (Å²) in [6, 6.07) is 1.68. The van der Waals surface area contributed by atoms with Crippen LogP contribution in [0.4, 0.5) is 5.69 Å². The van der Waals surface area contributed by atoms with Crippen molar-refractivity contribution < 1.29 is 4.79 Å². The summed E-state index contributed by atoms with van der Waals surface area (Å²) in [6.07, 6.45) is 3.67. The molecule has 0 spiro atoms. The predicted molar refractivity (Wildman–Crippen MR) is 59.0 cm³/mol. The molecule has 1 amide bonds. The Labute approximate surface area is 92.5 Å². The molecule has 2 rings (SSSR count). The summed E-state index contributed by atoms with van der Waals surface area (Å²) in [5.74, 6) is 0.0555. The molecule has 0 bridgehead atoms. The summed E-state index contributed by atoms with van der Waals surface area (Å²) < 4.78 is 0. The Hall–Kier alpha value is -0.740. The van der Waals surface area contributed by atoms with Gasteiger partial charge in [-0.15, -0.1) is 0 Å². The Balaban J connectivity index is 2.32. The quantitative estimate of drug-likeness (QED) is 0.744. The number of carbonyl (C=O) groups excluding carboxylic acids is 1. The topological polar surface area (TPSA) is 33.2 Å². The van der Waals surface area contributed by atoms with Crippen molar-refractivity contribution in [3.05, 3.63) is 23.5 Å². The number of rotatable bonds is 1. The number of pyridine rings is 1. The number of hydrogen-bond acceptors (Lipinski definition) is 3. The molecule has 0 radical (unpaired) electrons. The number of anilines is 1. The van der Waals surface area contributed by atoms with Crippen molar-refractivity contribution in [3.63, 3.8) is 0 Å². The van der Waals surface area contributed by atoms with Gasteiger partial charge in [-0.05, 0) is 6.07 Å². The van der Waals surface area contributed by atoms with Crippen molar-refractivity contribution in [2.45, 2.75) is 11.7 Å². The fraction of sp³-hybridized carbons (Fsp3) is 0.333. The predicted octanol–water partition coefficient (Wildman–Crippen LogP) is 1.77. The molecule has 1 aliphatic rings. The monoisotopic (exact) mass is 228 g/mol. The number of nitrogens with zero attached hydrogens (tertiary/aromatic N) is 2. The lowest BCUT2D eigenvalue weighted by Gasteiger charge is -2.16. The Bertz CT molecular complexity index is 372. The highest BCUT2D eigenvalue weighted by atomic mass is 35.5. The summed E-state index contributed by atoms with van der Waals surface area (Å²) in [7, 11) is 0. The van der Waals surface area contributed by atoms with Crippen LogP contribution < -0.4 is 4.90 Å². The van der Waals surface area contributed by atoms with Gasteiger partial charge in [0.15, 0.2) is 0 Å². The van der Waals surface area contributed by atoms with Crippen molar-refractivity contribution in [2.75, 3.05) is 11.4 Å². The van der Waals surface area contributed by atoms with Crippen LogP contribution in [-0.2, 0) is 4.79 Å². The summed E-state index contributed by atoms with van der Waals surface area (Å²) in [6.45, 7) is 0.605. The average molecular weight is 229 g/mol. The average Bonchev–Trinajstić information content (AvgIpc) is 2.46. The first-order chi connectivity index (χ1) is 6.68. The summed E-state index contributed by atoms with van der Waals surface area (Å²) in [4.78, 5) is 17.1. The third-order valence-electron chi connectivity index (χ3n) is 2.14. The van der Waals surface area contributed by atoms with E-state index in [-0.39, 0.29) is 11.2 Å². The van der Waals surface area contributed by atoms with Crippen molar-refractivity contribution in [1.29, 1.82) is 0 Å². The minimum atomic E-state index is 0.0555. The van der Waals surface area contributed by atoms with Crippen molar-refractivity contribution in [3.8, 4) is 0 Å². The number of carbonyl (C=O) groups is 1. The Morgan fingerprint density at radius 2 is 2.43 bits per heavy atom. The van der Waals surface area contributed by atoms with E-state index < -0.39 is 0 Å². The van der Waals surface area contributed by atoms with Crippen LogP contribution in [-0.4, -0.2) is 22.7 Å². The van der Waals surface area contributed by atoms with Gasteiger partial charge in [0.1, 0.15) is 0 Å². The van der Waals surface area contributed by atoms with Crippen LogP contribution in [0, 0.1) is 0 Å². The van der Waals surface area contributed by atoms with Gasteiger partial charge in [0.2, 0.25) is 5.91 Å². The van der Waals surface area contributed by atoms with E-state index in [1.165, 1.54) is 0 Å². The summed E-state index contributed by atoms with van der Waals surface area (Å²) in [5.41, 5.74) is 0.677. The Morgan fingerprint density at radius 1 is 1.64 bits per heavy atom. The number of amides is 1. The molecule has 0 aromatic carbocycles. The van der Waals surface area contributed by atoms with Crippen LogP contribution in [0.25, 0.3) is 0 Å². The molecule has 1 atom stereocenters. The molecule has 2 heterocycles. The molecule has 0 saturated carbocycles. The van der Waals surface area contributed by atoms with Crippen LogP contribution in [0.1, 0.15) is 6.42 Å². The van der Waals surface area contributed by atoms with Gasteiger partial charge in [-0.25, -0.2) is 0 Å². The van der Waals surface area contributed by atoms with Gasteiger partial charge in [-0.1, -0.05) is 11.6 Å². The third-order valence-corrected chi connectivity index (χ3v) is 2.81. The smallest absolute Gasteiger partial charge is 0.228 e. The van der Waals surface area contributed by atoms with Crippen molar-refractivity contribution in [1.82, 2.24) is 4.98 Å². The molecule has 1 fully saturated rings. The highest BCUT2D eigenvalue weighted by molar-refractivity contribution is 7.81. The SMILES string of the molecule is O=C1CC(S)CN1c1cnccc1Cl. The minimum Gasteiger partial charge on any atom is -0.308 e. The van der Waals surface area contributed by atoms with E-state index in [1.54, 1.807) is 23.4 Å². The van der Waals surface area contributed by atoms with Crippen LogP contribution in [0.5, 0.6) is 0 Å². The lowest BCUT2D eigenvalue weighted by atomic mass is 10.4. The Morgan fingerprint density at radius 3 is 3.00 bits per heavy atom. The maximum atomic E-state index is 11.5. The molecule has 74 valence electrons. The van der Waals surface area contributed by atoms with Gasteiger partial charge in [-0.2, -0.15) is 12.6 Å². The number of aromatic nitrogens is 1. The Kier molecular flexibility index (Phi) is 2.65. The molecule has 0 N–H and O–H groups in total. The fourth-order valence-corrected chi connectivity index (χ4v) is 2.02. The van der Waals surface area contributed by atoms with E-state index >= 15 is 0 Å². The largest absolute Gasteiger partial charge is 0.308 e. The molecule has 1 saturated heterocycles. The first-order valence-electron chi connectivity index (χ1n) is 4.26. The zero-order valence-electron chi connectivity index (χ0n) is 7.35. The molecule has 14 heavy (non-hydrogen) atoms. The number of hydrogen-bond donors (Lipinski definition) is 1. The van der Waals surface area contributed by atoms with Crippen LogP contribution >= 0.6 is 24.2 Å². The maximum Gasteiger partial charge on any atom is 0.228 e. The van der Waals surface area contributed by atoms with E-state index in [2.05, 4.69) is 17.6 Å². The fourth-order valence-electron chi connectivity index (χ4n) is 1.49. The normalized spacial score (nSPS) is 21.7. The molecular formula is C9H9ClN2OS. The van der Waals surface area contributed by atoms with E-state index in [0.29, 0.717) is 23.7 Å². The van der Waals surface area contributed by atoms with Crippen LogP contribution in [0.3, 0.4) is 0 Å². The van der Waals surface area contributed by atoms with Gasteiger partial charge >= 0.3 is 0 Å². The second kappa shape index (κ2) is 3.79. The molecule has 3 nitrogen and oxygen atoms in total. The van der Waals surface area contributed by atoms with Gasteiger partial charge in [0, 0.05) is 24.4 Å². The van der Waals surface area contributed by atoms with Crippen LogP contribution in [0.15, 0.2) is 18.5 Å². The van der Waals surface area contributed by atoms with E-state index in [0.717, 1.165) is 0 Å². The zero-order valence-corrected chi connectivity index (χ0v) is 9.00. The molecule has 1 aromatic rings. The first-order valence-corrected chi connectivity index (χ1v) is 5.16. The summed E-state index contributed by atoms with van der Waals surface area (Å²) >= 11 is 10.2. The molecule has 5 heteroatoms. The lowest BCUT2D eigenvalue weighted by molar-refractivity contribution is -0.117. The van der Waals surface area contributed by atoms with Gasteiger partial charge in [-0.3, -0.25) is 9.78 Å². The highest BCUT2D eigenvalue weighted by Crippen LogP contribution is 2.29. The second-order valence-corrected chi connectivity index (χ2v) is 4.33. The lowest BCUT2D eigenvalue weighted by Crippen LogP contribution is -2.24. The molecular weight excluding hydrogens is 220 g/mol. The minimum absolute atomic E-state index is 0.0555. The van der Waals surface area contributed by atoms with Crippen LogP contribution in [0.2, 0.25) is 5.02 Å². The van der Waals surface area contributed by atoms with Gasteiger partial charge < -0.3 is 4.90 Å². The maximum absolute atomic E-state index is 11.5. The zero-order chi connectivity index (χ0) is 10.1. The number of halogens is 1. The molecule has 1 aliphatic heterocycles. The van der Waals surface area contributed by atoms with Gasteiger partial charge in [0.25, 0.3) is 0 Å². The third kappa shape index (κ3) is 1.72. The first kappa shape index (κ1) is 9.80. The molecule has 1 aromatic heterocycles. The standard InChI is InChI=1S/C9H9ClN2OS/c10-7-1-2-11-4-8(7)12-5-6(14)3-9(12)13/h1-2,4,6,14H,3,5H2.